The Hall–Kier alpha value is -2.44. The summed E-state index contributed by atoms with van der Waals surface area (Å²) in [5.74, 6) is 0.410. The fourth-order valence-corrected chi connectivity index (χ4v) is 4.32. The van der Waals surface area contributed by atoms with Gasteiger partial charge in [0.05, 0.1) is 6.04 Å². The van der Waals surface area contributed by atoms with Crippen molar-refractivity contribution in [3.05, 3.63) is 64.0 Å². The summed E-state index contributed by atoms with van der Waals surface area (Å²) >= 11 is 1.74. The van der Waals surface area contributed by atoms with Gasteiger partial charge in [0.1, 0.15) is 0 Å². The van der Waals surface area contributed by atoms with Gasteiger partial charge in [-0.15, -0.1) is 11.3 Å². The van der Waals surface area contributed by atoms with Gasteiger partial charge < -0.3 is 9.84 Å². The monoisotopic (exact) mass is 381 g/mol. The Balaban J connectivity index is 1.43. The summed E-state index contributed by atoms with van der Waals surface area (Å²) in [7, 11) is 0. The van der Waals surface area contributed by atoms with Crippen LogP contribution in [0.3, 0.4) is 0 Å². The maximum Gasteiger partial charge on any atom is 0.273 e. The van der Waals surface area contributed by atoms with E-state index in [1.54, 1.807) is 17.4 Å². The smallest absolute Gasteiger partial charge is 0.273 e. The van der Waals surface area contributed by atoms with Crippen LogP contribution in [-0.4, -0.2) is 35.6 Å². The largest absolute Gasteiger partial charge is 0.355 e. The van der Waals surface area contributed by atoms with Gasteiger partial charge in [0.15, 0.2) is 11.5 Å². The quantitative estimate of drug-likeness (QED) is 0.692. The zero-order valence-corrected chi connectivity index (χ0v) is 16.2. The molecular formula is C21H23N3O2S. The van der Waals surface area contributed by atoms with Crippen molar-refractivity contribution in [3.63, 3.8) is 0 Å². The predicted molar refractivity (Wildman–Crippen MR) is 107 cm³/mol. The van der Waals surface area contributed by atoms with Crippen LogP contribution in [0.2, 0.25) is 0 Å². The molecule has 3 aromatic rings. The SMILES string of the molecule is Cc1ccc(-c2cc(C(=O)NC[C@@H](c3cccs3)N3CCCC3)no2)cc1. The number of aromatic nitrogens is 1. The Labute approximate surface area is 163 Å². The fourth-order valence-electron chi connectivity index (χ4n) is 3.46. The summed E-state index contributed by atoms with van der Waals surface area (Å²) in [4.78, 5) is 16.3. The van der Waals surface area contributed by atoms with Crippen LogP contribution in [0.4, 0.5) is 0 Å². The molecule has 3 heterocycles. The molecule has 1 amide bonds. The lowest BCUT2D eigenvalue weighted by Gasteiger charge is -2.26. The molecule has 140 valence electrons. The maximum atomic E-state index is 12.6. The van der Waals surface area contributed by atoms with Crippen LogP contribution in [0.25, 0.3) is 11.3 Å². The number of benzene rings is 1. The van der Waals surface area contributed by atoms with E-state index >= 15 is 0 Å². The first-order valence-corrected chi connectivity index (χ1v) is 10.2. The molecule has 0 radical (unpaired) electrons. The third kappa shape index (κ3) is 4.12. The Morgan fingerprint density at radius 1 is 1.26 bits per heavy atom. The highest BCUT2D eigenvalue weighted by Crippen LogP contribution is 2.28. The van der Waals surface area contributed by atoms with Gasteiger partial charge in [-0.05, 0) is 44.3 Å². The van der Waals surface area contributed by atoms with E-state index in [1.807, 2.05) is 31.2 Å². The zero-order valence-electron chi connectivity index (χ0n) is 15.4. The van der Waals surface area contributed by atoms with Crippen LogP contribution >= 0.6 is 11.3 Å². The second-order valence-electron chi connectivity index (χ2n) is 6.93. The van der Waals surface area contributed by atoms with Crippen molar-refractivity contribution < 1.29 is 9.32 Å². The molecule has 0 bridgehead atoms. The van der Waals surface area contributed by atoms with Gasteiger partial charge in [0.2, 0.25) is 0 Å². The summed E-state index contributed by atoms with van der Waals surface area (Å²) < 4.78 is 5.37. The number of amides is 1. The van der Waals surface area contributed by atoms with Crippen LogP contribution < -0.4 is 5.32 Å². The molecule has 1 saturated heterocycles. The average molecular weight is 382 g/mol. The molecular weight excluding hydrogens is 358 g/mol. The van der Waals surface area contributed by atoms with Gasteiger partial charge >= 0.3 is 0 Å². The third-order valence-corrected chi connectivity index (χ3v) is 5.96. The number of carbonyl (C=O) groups is 1. The van der Waals surface area contributed by atoms with E-state index in [4.69, 9.17) is 4.52 Å². The van der Waals surface area contributed by atoms with Crippen LogP contribution in [-0.2, 0) is 0 Å². The van der Waals surface area contributed by atoms with E-state index in [2.05, 4.69) is 32.9 Å². The number of aryl methyl sites for hydroxylation is 1. The topological polar surface area (TPSA) is 58.4 Å². The minimum absolute atomic E-state index is 0.196. The lowest BCUT2D eigenvalue weighted by Crippen LogP contribution is -2.36. The van der Waals surface area contributed by atoms with E-state index in [1.165, 1.54) is 23.3 Å². The first kappa shape index (κ1) is 17.9. The molecule has 5 nitrogen and oxygen atoms in total. The minimum Gasteiger partial charge on any atom is -0.355 e. The molecule has 1 aliphatic heterocycles. The van der Waals surface area contributed by atoms with E-state index in [0.717, 1.165) is 18.7 Å². The summed E-state index contributed by atoms with van der Waals surface area (Å²) in [5.41, 5.74) is 2.41. The number of rotatable bonds is 6. The van der Waals surface area contributed by atoms with Crippen molar-refractivity contribution in [1.82, 2.24) is 15.4 Å². The van der Waals surface area contributed by atoms with Crippen LogP contribution in [0, 0.1) is 6.92 Å². The van der Waals surface area contributed by atoms with Gasteiger partial charge in [0, 0.05) is 23.1 Å². The molecule has 1 aliphatic rings. The van der Waals surface area contributed by atoms with Crippen molar-refractivity contribution in [1.29, 1.82) is 0 Å². The number of carbonyl (C=O) groups excluding carboxylic acids is 1. The van der Waals surface area contributed by atoms with Gasteiger partial charge in [-0.1, -0.05) is 41.1 Å². The molecule has 1 N–H and O–H groups in total. The normalized spacial score (nSPS) is 15.7. The average Bonchev–Trinajstić information content (AvgIpc) is 3.44. The molecule has 1 fully saturated rings. The lowest BCUT2D eigenvalue weighted by atomic mass is 10.1. The summed E-state index contributed by atoms with van der Waals surface area (Å²) in [6.45, 7) is 4.78. The highest BCUT2D eigenvalue weighted by Gasteiger charge is 2.25. The highest BCUT2D eigenvalue weighted by atomic mass is 32.1. The van der Waals surface area contributed by atoms with E-state index in [0.29, 0.717) is 18.0 Å². The molecule has 27 heavy (non-hydrogen) atoms. The number of thiophene rings is 1. The first-order chi connectivity index (χ1) is 13.2. The predicted octanol–water partition coefficient (Wildman–Crippen LogP) is 4.28. The number of likely N-dealkylation sites (tertiary alicyclic amines) is 1. The van der Waals surface area contributed by atoms with Crippen LogP contribution in [0.5, 0.6) is 0 Å². The Kier molecular flexibility index (Phi) is 5.36. The molecule has 0 unspecified atom stereocenters. The van der Waals surface area contributed by atoms with E-state index < -0.39 is 0 Å². The molecule has 1 aromatic carbocycles. The van der Waals surface area contributed by atoms with E-state index in [9.17, 15) is 4.79 Å². The number of nitrogens with zero attached hydrogens (tertiary/aromatic N) is 2. The van der Waals surface area contributed by atoms with Crippen LogP contribution in [0.1, 0.15) is 39.8 Å². The van der Waals surface area contributed by atoms with Gasteiger partial charge in [-0.2, -0.15) is 0 Å². The standard InChI is InChI=1S/C21H23N3O2S/c1-15-6-8-16(9-7-15)19-13-17(23-26-19)21(25)22-14-18(20-5-4-12-27-20)24-10-2-3-11-24/h4-9,12-13,18H,2-3,10-11,14H2,1H3,(H,22,25)/t18-/m0/s1. The molecule has 1 atom stereocenters. The number of hydrogen-bond acceptors (Lipinski definition) is 5. The second kappa shape index (κ2) is 8.06. The van der Waals surface area contributed by atoms with Crippen molar-refractivity contribution in [2.75, 3.05) is 19.6 Å². The van der Waals surface area contributed by atoms with Crippen molar-refractivity contribution >= 4 is 17.2 Å². The third-order valence-electron chi connectivity index (χ3n) is 4.99. The van der Waals surface area contributed by atoms with Gasteiger partial charge in [-0.25, -0.2) is 0 Å². The molecule has 6 heteroatoms. The van der Waals surface area contributed by atoms with Crippen molar-refractivity contribution in [2.24, 2.45) is 0 Å². The lowest BCUT2D eigenvalue weighted by molar-refractivity contribution is 0.0929. The van der Waals surface area contributed by atoms with Crippen molar-refractivity contribution in [2.45, 2.75) is 25.8 Å². The highest BCUT2D eigenvalue weighted by molar-refractivity contribution is 7.10. The molecule has 0 saturated carbocycles. The molecule has 0 aliphatic carbocycles. The number of hydrogen-bond donors (Lipinski definition) is 1. The van der Waals surface area contributed by atoms with Crippen molar-refractivity contribution in [3.8, 4) is 11.3 Å². The Bertz CT molecular complexity index is 881. The maximum absolute atomic E-state index is 12.6. The van der Waals surface area contributed by atoms with Crippen LogP contribution in [0.15, 0.2) is 52.4 Å². The molecule has 4 rings (SSSR count). The zero-order chi connectivity index (χ0) is 18.6. The van der Waals surface area contributed by atoms with E-state index in [-0.39, 0.29) is 11.9 Å². The summed E-state index contributed by atoms with van der Waals surface area (Å²) in [5, 5.41) is 9.09. The number of nitrogens with one attached hydrogen (secondary N) is 1. The Morgan fingerprint density at radius 3 is 2.74 bits per heavy atom. The minimum atomic E-state index is -0.196. The molecule has 0 spiro atoms. The summed E-state index contributed by atoms with van der Waals surface area (Å²) in [6, 6.07) is 14.1. The fraction of sp³-hybridized carbons (Fsp3) is 0.333. The van der Waals surface area contributed by atoms with Gasteiger partial charge in [0.25, 0.3) is 5.91 Å². The summed E-state index contributed by atoms with van der Waals surface area (Å²) in [6.07, 6.45) is 2.44. The second-order valence-corrected chi connectivity index (χ2v) is 7.91. The first-order valence-electron chi connectivity index (χ1n) is 9.30. The molecule has 2 aromatic heterocycles. The van der Waals surface area contributed by atoms with Gasteiger partial charge in [-0.3, -0.25) is 9.69 Å². The Morgan fingerprint density at radius 2 is 2.04 bits per heavy atom.